The van der Waals surface area contributed by atoms with Crippen LogP contribution in [-0.4, -0.2) is 59.9 Å². The smallest absolute Gasteiger partial charge is 0.693 e. The first kappa shape index (κ1) is 52.4. The second-order valence-corrected chi connectivity index (χ2v) is 10.2. The first-order valence-corrected chi connectivity index (χ1v) is 19.1. The molecule has 0 aliphatic heterocycles. The van der Waals surface area contributed by atoms with Gasteiger partial charge in [0, 0.05) is 25.9 Å². The fraction of sp³-hybridized carbons (Fsp3) is 0.867. The number of amides is 2. The van der Waals surface area contributed by atoms with Crippen molar-refractivity contribution in [2.75, 3.05) is 25.7 Å². The van der Waals surface area contributed by atoms with E-state index >= 15 is 0 Å². The predicted molar refractivity (Wildman–Crippen MR) is 177 cm³/mol. The Bertz CT molecular complexity index is 626. The van der Waals surface area contributed by atoms with E-state index < -0.39 is 12.1 Å². The molecule has 14 heteroatoms. The Morgan fingerprint density at radius 3 is 1.43 bits per heavy atom. The van der Waals surface area contributed by atoms with E-state index in [-0.39, 0.29) is 36.9 Å². The van der Waals surface area contributed by atoms with Gasteiger partial charge >= 0.3 is 46.2 Å². The average Bonchev–Trinajstić information content (AvgIpc) is 2.97. The zero-order valence-electron chi connectivity index (χ0n) is 27.1. The number of unbranched alkanes of at least 4 members (excludes halogenated alkanes) is 15. The van der Waals surface area contributed by atoms with E-state index in [1.807, 2.05) is 0 Å². The van der Waals surface area contributed by atoms with Gasteiger partial charge in [0.05, 0.1) is 19.0 Å². The summed E-state index contributed by atoms with van der Waals surface area (Å²) in [7, 11) is 4.61. The van der Waals surface area contributed by atoms with Crippen LogP contribution >= 0.6 is 21.0 Å². The third-order valence-corrected chi connectivity index (χ3v) is 6.06. The SMILES string of the molecule is CCCCCCCCCCCCCCCCNC(=O)CCC(=O)O.CCOC(=O)CCCCCNC(=O)O.NCCl.[Cl][Pt+].[NH2-]. The first-order chi connectivity index (χ1) is 20.7. The maximum atomic E-state index is 11.3. The van der Waals surface area contributed by atoms with Crippen LogP contribution in [0.15, 0.2) is 0 Å². The standard InChI is InChI=1S/C20H39NO3.C9H17NO4.CH4ClN.ClH.H2N.Pt/c1-2-3-4-5-6-7-8-9-10-11-12-13-14-15-18-21-19(22)16-17-20(23)24;1-2-14-8(11)6-4-3-5-7-10-9(12)13;2-1-3;;;/h2-18H2,1H3,(H,21,22)(H,23,24);10H,2-7H2,1H3,(H,12,13);1,3H2;1H;1H2;/q;;;;-1;+2/p-1. The molecule has 8 N–H and O–H groups in total. The van der Waals surface area contributed by atoms with Crippen molar-refractivity contribution in [3.05, 3.63) is 6.15 Å². The first-order valence-electron chi connectivity index (χ1n) is 15.7. The van der Waals surface area contributed by atoms with Crippen LogP contribution in [0.4, 0.5) is 4.79 Å². The molecule has 0 heterocycles. The summed E-state index contributed by atoms with van der Waals surface area (Å²) < 4.78 is 4.74. The minimum atomic E-state index is -1.00. The Morgan fingerprint density at radius 2 is 1.05 bits per heavy atom. The molecular weight excluding hydrogens is 794 g/mol. The number of carbonyl (C=O) groups is 4. The van der Waals surface area contributed by atoms with Crippen molar-refractivity contribution >= 4 is 45.0 Å². The number of hydrogen-bond acceptors (Lipinski definition) is 6. The molecule has 0 rings (SSSR count). The number of esters is 1. The summed E-state index contributed by atoms with van der Waals surface area (Å²) in [6.45, 7) is 5.57. The zero-order chi connectivity index (χ0) is 33.4. The summed E-state index contributed by atoms with van der Waals surface area (Å²) in [5, 5.41) is 21.8. The maximum absolute atomic E-state index is 11.3. The Hall–Kier alpha value is -1.13. The van der Waals surface area contributed by atoms with Gasteiger partial charge < -0.3 is 37.5 Å². The van der Waals surface area contributed by atoms with Gasteiger partial charge in [-0.15, -0.1) is 11.6 Å². The number of ether oxygens (including phenoxy) is 1. The number of carboxylic acid groups (broad SMARTS) is 2. The third kappa shape index (κ3) is 60.1. The number of aliphatic carboxylic acids is 1. The summed E-state index contributed by atoms with van der Waals surface area (Å²) in [5.41, 5.74) is 4.61. The molecule has 0 aliphatic rings. The molecule has 2 amide bonds. The molecule has 0 spiro atoms. The van der Waals surface area contributed by atoms with Crippen LogP contribution < -0.4 is 16.4 Å². The largest absolute Gasteiger partial charge is 0.693 e. The van der Waals surface area contributed by atoms with Crippen LogP contribution in [0.5, 0.6) is 0 Å². The molecule has 0 aromatic rings. The molecule has 0 aliphatic carbocycles. The van der Waals surface area contributed by atoms with Crippen LogP contribution in [0, 0.1) is 0 Å². The van der Waals surface area contributed by atoms with Crippen molar-refractivity contribution < 1.29 is 52.9 Å². The fourth-order valence-corrected chi connectivity index (χ4v) is 3.86. The molecule has 0 aromatic carbocycles. The molecule has 0 unspecified atom stereocenters. The van der Waals surface area contributed by atoms with Gasteiger partial charge in [0.15, 0.2) is 0 Å². The van der Waals surface area contributed by atoms with Crippen molar-refractivity contribution in [3.63, 3.8) is 0 Å². The molecule has 0 radical (unpaired) electrons. The van der Waals surface area contributed by atoms with Gasteiger partial charge in [-0.3, -0.25) is 14.4 Å². The minimum Gasteiger partial charge on any atom is -0.693 e. The molecule has 44 heavy (non-hydrogen) atoms. The normalized spacial score (nSPS) is 9.43. The zero-order valence-corrected chi connectivity index (χ0v) is 30.9. The number of carboxylic acids is 1. The predicted octanol–water partition coefficient (Wildman–Crippen LogP) is 8.37. The Labute approximate surface area is 287 Å². The summed E-state index contributed by atoms with van der Waals surface area (Å²) in [4.78, 5) is 42.5. The number of nitrogens with two attached hydrogens (primary N) is 2. The van der Waals surface area contributed by atoms with E-state index in [1.54, 1.807) is 25.7 Å². The molecule has 268 valence electrons. The van der Waals surface area contributed by atoms with Gasteiger partial charge in [0.2, 0.25) is 5.91 Å². The third-order valence-electron chi connectivity index (χ3n) is 6.06. The summed E-state index contributed by atoms with van der Waals surface area (Å²) in [5.74, 6) is -1.24. The van der Waals surface area contributed by atoms with E-state index in [0.717, 1.165) is 32.1 Å². The topological polar surface area (TPSA) is 202 Å². The minimum absolute atomic E-state index is 0. The quantitative estimate of drug-likeness (QED) is 0.0261. The number of carbonyl (C=O) groups excluding carboxylic acids is 2. The number of rotatable bonds is 25. The van der Waals surface area contributed by atoms with Gasteiger partial charge in [-0.25, -0.2) is 4.79 Å². The maximum Gasteiger partial charge on any atom is -0.693 e. The second-order valence-electron chi connectivity index (χ2n) is 9.84. The molecule has 0 fully saturated rings. The van der Waals surface area contributed by atoms with E-state index in [2.05, 4.69) is 32.7 Å². The van der Waals surface area contributed by atoms with Gasteiger partial charge in [0.25, 0.3) is 0 Å². The molecular formula is C30H62Cl2N4O7Pt. The average molecular weight is 857 g/mol. The monoisotopic (exact) mass is 855 g/mol. The molecule has 0 saturated heterocycles. The molecule has 11 nitrogen and oxygen atoms in total. The Balaban J connectivity index is -0.000000215. The van der Waals surface area contributed by atoms with Gasteiger partial charge in [-0.2, -0.15) is 0 Å². The molecule has 0 aromatic heterocycles. The Morgan fingerprint density at radius 1 is 0.659 bits per heavy atom. The van der Waals surface area contributed by atoms with Crippen molar-refractivity contribution in [1.82, 2.24) is 10.6 Å². The van der Waals surface area contributed by atoms with E-state index in [4.69, 9.17) is 26.6 Å². The van der Waals surface area contributed by atoms with E-state index in [1.165, 1.54) is 77.0 Å². The summed E-state index contributed by atoms with van der Waals surface area (Å²) >= 11 is 6.39. The van der Waals surface area contributed by atoms with E-state index in [9.17, 15) is 19.2 Å². The van der Waals surface area contributed by atoms with Gasteiger partial charge in [-0.05, 0) is 26.2 Å². The van der Waals surface area contributed by atoms with Crippen molar-refractivity contribution in [1.29, 1.82) is 0 Å². The van der Waals surface area contributed by atoms with Crippen molar-refractivity contribution in [3.8, 4) is 0 Å². The van der Waals surface area contributed by atoms with Crippen molar-refractivity contribution in [2.45, 2.75) is 142 Å². The van der Waals surface area contributed by atoms with Crippen molar-refractivity contribution in [2.24, 2.45) is 5.73 Å². The van der Waals surface area contributed by atoms with Crippen LogP contribution in [0.3, 0.4) is 0 Å². The molecule has 0 saturated carbocycles. The number of halogens is 2. The Kier molecular flexibility index (Phi) is 58.1. The van der Waals surface area contributed by atoms with Gasteiger partial charge in [-0.1, -0.05) is 96.8 Å². The van der Waals surface area contributed by atoms with Crippen LogP contribution in [0.1, 0.15) is 142 Å². The van der Waals surface area contributed by atoms with Crippen LogP contribution in [0.2, 0.25) is 0 Å². The molecule has 0 bridgehead atoms. The fourth-order valence-electron chi connectivity index (χ4n) is 3.86. The number of alkyl halides is 1. The van der Waals surface area contributed by atoms with Crippen LogP contribution in [0.25, 0.3) is 6.15 Å². The molecule has 0 atom stereocenters. The van der Waals surface area contributed by atoms with Gasteiger partial charge in [0.1, 0.15) is 0 Å². The van der Waals surface area contributed by atoms with Crippen LogP contribution in [-0.2, 0) is 37.9 Å². The summed E-state index contributed by atoms with van der Waals surface area (Å²) in [6.07, 6.45) is 20.3. The number of hydrogen-bond donors (Lipinski definition) is 5. The van der Waals surface area contributed by atoms with E-state index in [0.29, 0.717) is 26.1 Å². The second kappa shape index (κ2) is 48.8. The number of nitrogens with one attached hydrogen (secondary N) is 2. The summed E-state index contributed by atoms with van der Waals surface area (Å²) in [6, 6.07) is 0.222.